The van der Waals surface area contributed by atoms with Crippen LogP contribution in [0.4, 0.5) is 0 Å². The van der Waals surface area contributed by atoms with Gasteiger partial charge in [-0.25, -0.2) is 4.98 Å². The molecule has 1 heterocycles. The van der Waals surface area contributed by atoms with Crippen LogP contribution in [0.5, 0.6) is 11.5 Å². The molecule has 1 N–H and O–H groups in total. The van der Waals surface area contributed by atoms with E-state index in [2.05, 4.69) is 10.3 Å². The van der Waals surface area contributed by atoms with Gasteiger partial charge in [0.1, 0.15) is 11.5 Å². The van der Waals surface area contributed by atoms with Crippen molar-refractivity contribution in [3.05, 3.63) is 40.3 Å². The molecule has 0 amide bonds. The summed E-state index contributed by atoms with van der Waals surface area (Å²) >= 11 is 1.67. The number of nitrogens with zero attached hydrogens (tertiary/aromatic N) is 1. The lowest BCUT2D eigenvalue weighted by molar-refractivity contribution is 0.392. The lowest BCUT2D eigenvalue weighted by Crippen LogP contribution is -2.18. The summed E-state index contributed by atoms with van der Waals surface area (Å²) in [5.41, 5.74) is 1.13. The Bertz CT molecular complexity index is 492. The summed E-state index contributed by atoms with van der Waals surface area (Å²) in [6.45, 7) is 0. The molecule has 102 valence electrons. The molecule has 0 spiro atoms. The van der Waals surface area contributed by atoms with Crippen LogP contribution in [0.1, 0.15) is 16.6 Å². The second-order valence-corrected chi connectivity index (χ2v) is 5.10. The first kappa shape index (κ1) is 13.8. The molecule has 0 aliphatic rings. The Balaban J connectivity index is 2.26. The average Bonchev–Trinajstić information content (AvgIpc) is 2.97. The van der Waals surface area contributed by atoms with Crippen molar-refractivity contribution in [2.24, 2.45) is 0 Å². The summed E-state index contributed by atoms with van der Waals surface area (Å²) in [7, 11) is 5.27. The van der Waals surface area contributed by atoms with E-state index in [1.807, 2.05) is 36.8 Å². The quantitative estimate of drug-likeness (QED) is 0.882. The molecule has 1 unspecified atom stereocenters. The summed E-state index contributed by atoms with van der Waals surface area (Å²) in [4.78, 5) is 4.33. The normalized spacial score (nSPS) is 12.2. The first-order valence-corrected chi connectivity index (χ1v) is 6.93. The zero-order valence-electron chi connectivity index (χ0n) is 11.3. The van der Waals surface area contributed by atoms with E-state index >= 15 is 0 Å². The molecular weight excluding hydrogens is 260 g/mol. The lowest BCUT2D eigenvalue weighted by Gasteiger charge is -2.17. The molecule has 2 rings (SSSR count). The third-order valence-corrected chi connectivity index (χ3v) is 3.79. The zero-order chi connectivity index (χ0) is 13.7. The maximum Gasteiger partial charge on any atom is 0.122 e. The SMILES string of the molecule is CNC(Cc1nccs1)c1cc(OC)cc(OC)c1. The van der Waals surface area contributed by atoms with Crippen LogP contribution < -0.4 is 14.8 Å². The predicted octanol–water partition coefficient (Wildman–Crippen LogP) is 2.66. The maximum atomic E-state index is 5.31. The van der Waals surface area contributed by atoms with Gasteiger partial charge in [-0.3, -0.25) is 0 Å². The first-order valence-electron chi connectivity index (χ1n) is 6.05. The van der Waals surface area contributed by atoms with E-state index in [1.54, 1.807) is 25.6 Å². The van der Waals surface area contributed by atoms with Gasteiger partial charge in [0.05, 0.1) is 19.2 Å². The van der Waals surface area contributed by atoms with E-state index in [4.69, 9.17) is 9.47 Å². The maximum absolute atomic E-state index is 5.31. The number of ether oxygens (including phenoxy) is 2. The molecule has 0 radical (unpaired) electrons. The number of rotatable bonds is 6. The van der Waals surface area contributed by atoms with Crippen molar-refractivity contribution in [3.8, 4) is 11.5 Å². The van der Waals surface area contributed by atoms with Crippen LogP contribution >= 0.6 is 11.3 Å². The molecule has 0 aliphatic heterocycles. The molecule has 1 aromatic carbocycles. The van der Waals surface area contributed by atoms with E-state index in [9.17, 15) is 0 Å². The van der Waals surface area contributed by atoms with Gasteiger partial charge in [-0.15, -0.1) is 11.3 Å². The van der Waals surface area contributed by atoms with Crippen LogP contribution in [0.25, 0.3) is 0 Å². The molecule has 0 saturated carbocycles. The fourth-order valence-electron chi connectivity index (χ4n) is 1.95. The Labute approximate surface area is 117 Å². The highest BCUT2D eigenvalue weighted by Gasteiger charge is 2.14. The number of hydrogen-bond donors (Lipinski definition) is 1. The van der Waals surface area contributed by atoms with Gasteiger partial charge >= 0.3 is 0 Å². The van der Waals surface area contributed by atoms with Crippen LogP contribution in [0.3, 0.4) is 0 Å². The molecule has 0 aliphatic carbocycles. The minimum Gasteiger partial charge on any atom is -0.497 e. The molecule has 0 bridgehead atoms. The second-order valence-electron chi connectivity index (χ2n) is 4.12. The van der Waals surface area contributed by atoms with E-state index < -0.39 is 0 Å². The van der Waals surface area contributed by atoms with Crippen LogP contribution in [0.15, 0.2) is 29.8 Å². The Kier molecular flexibility index (Phi) is 4.76. The molecule has 19 heavy (non-hydrogen) atoms. The van der Waals surface area contributed by atoms with E-state index in [0.717, 1.165) is 28.5 Å². The Morgan fingerprint density at radius 1 is 1.21 bits per heavy atom. The molecular formula is C14H18N2O2S. The third kappa shape index (κ3) is 3.45. The first-order chi connectivity index (χ1) is 9.26. The minimum absolute atomic E-state index is 0.190. The fourth-order valence-corrected chi connectivity index (χ4v) is 2.61. The molecule has 2 aromatic rings. The zero-order valence-corrected chi connectivity index (χ0v) is 12.2. The minimum atomic E-state index is 0.190. The Hall–Kier alpha value is -1.59. The highest BCUT2D eigenvalue weighted by Crippen LogP contribution is 2.28. The van der Waals surface area contributed by atoms with Crippen LogP contribution in [0, 0.1) is 0 Å². The second kappa shape index (κ2) is 6.54. The van der Waals surface area contributed by atoms with E-state index in [1.165, 1.54) is 0 Å². The number of methoxy groups -OCH3 is 2. The summed E-state index contributed by atoms with van der Waals surface area (Å²) in [5, 5.41) is 6.42. The number of likely N-dealkylation sites (N-methyl/N-ethyl adjacent to an activating group) is 1. The van der Waals surface area contributed by atoms with Gasteiger partial charge < -0.3 is 14.8 Å². The number of thiazole rings is 1. The molecule has 5 heteroatoms. The number of benzene rings is 1. The molecule has 1 atom stereocenters. The van der Waals surface area contributed by atoms with Gasteiger partial charge in [-0.2, -0.15) is 0 Å². The fraction of sp³-hybridized carbons (Fsp3) is 0.357. The lowest BCUT2D eigenvalue weighted by atomic mass is 10.0. The van der Waals surface area contributed by atoms with E-state index in [0.29, 0.717) is 0 Å². The average molecular weight is 278 g/mol. The van der Waals surface area contributed by atoms with Gasteiger partial charge in [0, 0.05) is 30.1 Å². The number of hydrogen-bond acceptors (Lipinski definition) is 5. The number of aromatic nitrogens is 1. The molecule has 0 saturated heterocycles. The Morgan fingerprint density at radius 2 is 1.89 bits per heavy atom. The molecule has 1 aromatic heterocycles. The molecule has 4 nitrogen and oxygen atoms in total. The van der Waals surface area contributed by atoms with Gasteiger partial charge in [0.15, 0.2) is 0 Å². The van der Waals surface area contributed by atoms with Gasteiger partial charge in [-0.1, -0.05) is 0 Å². The monoisotopic (exact) mass is 278 g/mol. The Morgan fingerprint density at radius 3 is 2.37 bits per heavy atom. The van der Waals surface area contributed by atoms with Crippen molar-refractivity contribution in [2.45, 2.75) is 12.5 Å². The summed E-state index contributed by atoms with van der Waals surface area (Å²) in [6.07, 6.45) is 2.68. The van der Waals surface area contributed by atoms with Crippen LogP contribution in [-0.2, 0) is 6.42 Å². The molecule has 0 fully saturated rings. The van der Waals surface area contributed by atoms with Crippen molar-refractivity contribution >= 4 is 11.3 Å². The largest absolute Gasteiger partial charge is 0.497 e. The highest BCUT2D eigenvalue weighted by molar-refractivity contribution is 7.09. The third-order valence-electron chi connectivity index (χ3n) is 2.99. The van der Waals surface area contributed by atoms with Gasteiger partial charge in [-0.05, 0) is 24.7 Å². The standard InChI is InChI=1S/C14H18N2O2S/c1-15-13(9-14-16-4-5-19-14)10-6-11(17-2)8-12(7-10)18-3/h4-8,13,15H,9H2,1-3H3. The summed E-state index contributed by atoms with van der Waals surface area (Å²) < 4.78 is 10.6. The number of nitrogens with one attached hydrogen (secondary N) is 1. The summed E-state index contributed by atoms with van der Waals surface area (Å²) in [6, 6.07) is 6.11. The predicted molar refractivity (Wildman–Crippen MR) is 77.2 cm³/mol. The highest BCUT2D eigenvalue weighted by atomic mass is 32.1. The van der Waals surface area contributed by atoms with Crippen molar-refractivity contribution in [1.82, 2.24) is 10.3 Å². The summed E-state index contributed by atoms with van der Waals surface area (Å²) in [5.74, 6) is 1.60. The van der Waals surface area contributed by atoms with Crippen molar-refractivity contribution < 1.29 is 9.47 Å². The van der Waals surface area contributed by atoms with Crippen LogP contribution in [0.2, 0.25) is 0 Å². The topological polar surface area (TPSA) is 43.4 Å². The smallest absolute Gasteiger partial charge is 0.122 e. The van der Waals surface area contributed by atoms with Crippen molar-refractivity contribution in [1.29, 1.82) is 0 Å². The van der Waals surface area contributed by atoms with Crippen molar-refractivity contribution in [3.63, 3.8) is 0 Å². The van der Waals surface area contributed by atoms with Gasteiger partial charge in [0.2, 0.25) is 0 Å². The van der Waals surface area contributed by atoms with Gasteiger partial charge in [0.25, 0.3) is 0 Å². The van der Waals surface area contributed by atoms with E-state index in [-0.39, 0.29) is 6.04 Å². The van der Waals surface area contributed by atoms with Crippen molar-refractivity contribution in [2.75, 3.05) is 21.3 Å². The van der Waals surface area contributed by atoms with Crippen LogP contribution in [-0.4, -0.2) is 26.3 Å².